The minimum atomic E-state index is -0.583. The van der Waals surface area contributed by atoms with E-state index in [0.717, 1.165) is 17.8 Å². The highest BCUT2D eigenvalue weighted by atomic mass is 16.3. The molecule has 0 saturated heterocycles. The first-order valence-corrected chi connectivity index (χ1v) is 8.62. The zero-order chi connectivity index (χ0) is 17.5. The monoisotopic (exact) mass is 302 g/mol. The van der Waals surface area contributed by atoms with Crippen molar-refractivity contribution in [2.75, 3.05) is 0 Å². The van der Waals surface area contributed by atoms with Crippen LogP contribution in [0.1, 0.15) is 76.2 Å². The van der Waals surface area contributed by atoms with E-state index in [2.05, 4.69) is 48.5 Å². The lowest BCUT2D eigenvalue weighted by Crippen LogP contribution is -2.34. The molecule has 0 fully saturated rings. The zero-order valence-electron chi connectivity index (χ0n) is 16.4. The summed E-state index contributed by atoms with van der Waals surface area (Å²) in [5, 5.41) is 18.6. The van der Waals surface area contributed by atoms with Gasteiger partial charge in [-0.15, -0.1) is 0 Å². The van der Waals surface area contributed by atoms with Crippen LogP contribution in [0.2, 0.25) is 0 Å². The molecule has 0 spiro atoms. The Labute approximate surface area is 134 Å². The topological polar surface area (TPSA) is 40.5 Å². The number of aliphatic hydroxyl groups excluding tert-OH is 2. The van der Waals surface area contributed by atoms with E-state index in [1.807, 2.05) is 27.7 Å². The molecule has 0 bridgehead atoms. The lowest BCUT2D eigenvalue weighted by atomic mass is 9.67. The van der Waals surface area contributed by atoms with E-state index in [4.69, 9.17) is 0 Å². The van der Waals surface area contributed by atoms with Gasteiger partial charge in [0.25, 0.3) is 0 Å². The Morgan fingerprint density at radius 1 is 0.571 bits per heavy atom. The van der Waals surface area contributed by atoms with Gasteiger partial charge in [-0.2, -0.15) is 0 Å². The normalized spacial score (nSPS) is 17.0. The average molecular weight is 303 g/mol. The predicted octanol–water partition coefficient (Wildman–Crippen LogP) is 4.98. The van der Waals surface area contributed by atoms with Crippen molar-refractivity contribution >= 4 is 0 Å². The fourth-order valence-corrected chi connectivity index (χ4v) is 2.17. The van der Waals surface area contributed by atoms with Crippen molar-refractivity contribution < 1.29 is 10.2 Å². The molecule has 0 radical (unpaired) electrons. The summed E-state index contributed by atoms with van der Waals surface area (Å²) in [6.45, 7) is 24.0. The molecule has 0 aromatic rings. The fraction of sp³-hybridized carbons (Fsp3) is 1.00. The van der Waals surface area contributed by atoms with Gasteiger partial charge in [0.2, 0.25) is 0 Å². The molecular formula is C19H42O2. The van der Waals surface area contributed by atoms with E-state index in [9.17, 15) is 10.2 Å². The maximum atomic E-state index is 9.32. The van der Waals surface area contributed by atoms with Crippen LogP contribution in [-0.4, -0.2) is 22.4 Å². The standard InChI is InChI=1S/C11H24.C8H18O2/c1-8(2)10(5)11(6,7)9(3)4;1-5(2)7(9)8(10)6(3)4/h8-10H,1-7H3;5-10H,1-4H3. The van der Waals surface area contributed by atoms with E-state index >= 15 is 0 Å². The Morgan fingerprint density at radius 2 is 0.857 bits per heavy atom. The van der Waals surface area contributed by atoms with Crippen molar-refractivity contribution in [2.45, 2.75) is 88.4 Å². The van der Waals surface area contributed by atoms with Crippen LogP contribution in [0.15, 0.2) is 0 Å². The second-order valence-corrected chi connectivity index (χ2v) is 8.48. The summed E-state index contributed by atoms with van der Waals surface area (Å²) in [6.07, 6.45) is -1.17. The summed E-state index contributed by atoms with van der Waals surface area (Å²) >= 11 is 0. The van der Waals surface area contributed by atoms with Crippen LogP contribution in [-0.2, 0) is 0 Å². The molecular weight excluding hydrogens is 260 g/mol. The van der Waals surface area contributed by atoms with E-state index in [-0.39, 0.29) is 11.8 Å². The summed E-state index contributed by atoms with van der Waals surface area (Å²) in [5.41, 5.74) is 0.480. The van der Waals surface area contributed by atoms with Crippen molar-refractivity contribution in [3.63, 3.8) is 0 Å². The third-order valence-electron chi connectivity index (χ3n) is 5.38. The van der Waals surface area contributed by atoms with Crippen molar-refractivity contribution in [3.05, 3.63) is 0 Å². The largest absolute Gasteiger partial charge is 0.390 e. The Morgan fingerprint density at radius 3 is 0.952 bits per heavy atom. The quantitative estimate of drug-likeness (QED) is 0.726. The predicted molar refractivity (Wildman–Crippen MR) is 94.3 cm³/mol. The smallest absolute Gasteiger partial charge is 0.0824 e. The second kappa shape index (κ2) is 9.84. The van der Waals surface area contributed by atoms with Gasteiger partial charge in [0.05, 0.1) is 12.2 Å². The number of rotatable bonds is 6. The van der Waals surface area contributed by atoms with Crippen molar-refractivity contribution in [3.8, 4) is 0 Å². The van der Waals surface area contributed by atoms with Gasteiger partial charge in [0.15, 0.2) is 0 Å². The fourth-order valence-electron chi connectivity index (χ4n) is 2.17. The van der Waals surface area contributed by atoms with E-state index < -0.39 is 12.2 Å². The summed E-state index contributed by atoms with van der Waals surface area (Å²) in [6, 6.07) is 0. The van der Waals surface area contributed by atoms with Crippen LogP contribution in [0.5, 0.6) is 0 Å². The van der Waals surface area contributed by atoms with Gasteiger partial charge in [-0.1, -0.05) is 76.2 Å². The molecule has 2 nitrogen and oxygen atoms in total. The van der Waals surface area contributed by atoms with Gasteiger partial charge in [-0.3, -0.25) is 0 Å². The highest BCUT2D eigenvalue weighted by Crippen LogP contribution is 2.38. The van der Waals surface area contributed by atoms with Crippen molar-refractivity contribution in [1.29, 1.82) is 0 Å². The van der Waals surface area contributed by atoms with Crippen LogP contribution in [0.25, 0.3) is 0 Å². The third-order valence-corrected chi connectivity index (χ3v) is 5.38. The van der Waals surface area contributed by atoms with Crippen LogP contribution in [0.4, 0.5) is 0 Å². The summed E-state index contributed by atoms with van der Waals surface area (Å²) in [5.74, 6) is 2.66. The molecule has 0 aliphatic rings. The molecule has 2 heteroatoms. The minimum absolute atomic E-state index is 0.136. The Balaban J connectivity index is 0. The van der Waals surface area contributed by atoms with Gasteiger partial charge >= 0.3 is 0 Å². The maximum Gasteiger partial charge on any atom is 0.0824 e. The lowest BCUT2D eigenvalue weighted by molar-refractivity contribution is -0.0320. The molecule has 0 amide bonds. The Bertz CT molecular complexity index is 242. The summed E-state index contributed by atoms with van der Waals surface area (Å²) in [4.78, 5) is 0. The van der Waals surface area contributed by atoms with Gasteiger partial charge in [-0.25, -0.2) is 0 Å². The molecule has 130 valence electrons. The molecule has 0 saturated carbocycles. The first-order valence-electron chi connectivity index (χ1n) is 8.62. The molecule has 0 aliphatic heterocycles. The minimum Gasteiger partial charge on any atom is -0.390 e. The summed E-state index contributed by atoms with van der Waals surface area (Å²) < 4.78 is 0. The Hall–Kier alpha value is -0.0800. The zero-order valence-corrected chi connectivity index (χ0v) is 16.4. The van der Waals surface area contributed by atoms with Crippen molar-refractivity contribution in [2.24, 2.45) is 35.0 Å². The number of hydrogen-bond acceptors (Lipinski definition) is 2. The van der Waals surface area contributed by atoms with E-state index in [1.54, 1.807) is 0 Å². The number of hydrogen-bond donors (Lipinski definition) is 2. The van der Waals surface area contributed by atoms with Crippen LogP contribution >= 0.6 is 0 Å². The summed E-state index contributed by atoms with van der Waals surface area (Å²) in [7, 11) is 0. The molecule has 3 unspecified atom stereocenters. The first kappa shape index (κ1) is 23.2. The maximum absolute atomic E-state index is 9.32. The highest BCUT2D eigenvalue weighted by Gasteiger charge is 2.30. The van der Waals surface area contributed by atoms with E-state index in [0.29, 0.717) is 5.41 Å². The van der Waals surface area contributed by atoms with Gasteiger partial charge in [0, 0.05) is 0 Å². The third kappa shape index (κ3) is 8.21. The van der Waals surface area contributed by atoms with Gasteiger partial charge in [-0.05, 0) is 35.0 Å². The average Bonchev–Trinajstić information content (AvgIpc) is 2.35. The van der Waals surface area contributed by atoms with Gasteiger partial charge in [0.1, 0.15) is 0 Å². The van der Waals surface area contributed by atoms with Crippen LogP contribution in [0.3, 0.4) is 0 Å². The lowest BCUT2D eigenvalue weighted by Gasteiger charge is -2.38. The number of aliphatic hydroxyl groups is 2. The molecule has 0 heterocycles. The van der Waals surface area contributed by atoms with Crippen LogP contribution < -0.4 is 0 Å². The molecule has 0 aliphatic carbocycles. The first-order chi connectivity index (χ1) is 9.26. The van der Waals surface area contributed by atoms with Gasteiger partial charge < -0.3 is 10.2 Å². The SMILES string of the molecule is CC(C)C(C)C(C)(C)C(C)C.CC(C)C(O)C(O)C(C)C. The second-order valence-electron chi connectivity index (χ2n) is 8.48. The molecule has 0 rings (SSSR count). The molecule has 21 heavy (non-hydrogen) atoms. The molecule has 0 aromatic heterocycles. The van der Waals surface area contributed by atoms with Crippen LogP contribution in [0, 0.1) is 35.0 Å². The molecule has 0 aromatic carbocycles. The molecule has 3 atom stereocenters. The van der Waals surface area contributed by atoms with E-state index in [1.165, 1.54) is 0 Å². The highest BCUT2D eigenvalue weighted by molar-refractivity contribution is 4.79. The Kier molecular flexibility index (Phi) is 10.9. The molecule has 2 N–H and O–H groups in total. The van der Waals surface area contributed by atoms with Crippen molar-refractivity contribution in [1.82, 2.24) is 0 Å².